The van der Waals surface area contributed by atoms with Crippen LogP contribution in [0, 0.1) is 5.82 Å². The van der Waals surface area contributed by atoms with Crippen molar-refractivity contribution in [2.75, 3.05) is 0 Å². The van der Waals surface area contributed by atoms with Gasteiger partial charge in [-0.05, 0) is 34.4 Å². The number of halogens is 1. The van der Waals surface area contributed by atoms with E-state index in [1.54, 1.807) is 6.07 Å². The number of amides is 2. The van der Waals surface area contributed by atoms with E-state index >= 15 is 0 Å². The molecular formula is C23H21FN2O2. The Morgan fingerprint density at radius 1 is 0.857 bits per heavy atom. The van der Waals surface area contributed by atoms with E-state index in [2.05, 4.69) is 5.32 Å². The van der Waals surface area contributed by atoms with Crippen molar-refractivity contribution in [3.8, 4) is 11.1 Å². The predicted octanol–water partition coefficient (Wildman–Crippen LogP) is 3.25. The molecule has 0 bridgehead atoms. The number of benzene rings is 3. The lowest BCUT2D eigenvalue weighted by molar-refractivity contribution is -0.127. The normalized spacial score (nSPS) is 11.6. The summed E-state index contributed by atoms with van der Waals surface area (Å²) in [7, 11) is 0. The Kier molecular flexibility index (Phi) is 6.17. The molecule has 0 aromatic heterocycles. The van der Waals surface area contributed by atoms with E-state index in [-0.39, 0.29) is 12.3 Å². The molecule has 5 heteroatoms. The van der Waals surface area contributed by atoms with E-state index < -0.39 is 17.8 Å². The summed E-state index contributed by atoms with van der Waals surface area (Å²) in [5.41, 5.74) is 9.04. The molecule has 0 unspecified atom stereocenters. The molecule has 142 valence electrons. The minimum Gasteiger partial charge on any atom is -0.368 e. The molecule has 3 aromatic carbocycles. The lowest BCUT2D eigenvalue weighted by Crippen LogP contribution is -2.46. The first-order valence-electron chi connectivity index (χ1n) is 8.99. The van der Waals surface area contributed by atoms with Crippen molar-refractivity contribution >= 4 is 11.8 Å². The highest BCUT2D eigenvalue weighted by molar-refractivity contribution is 5.87. The number of carbonyl (C=O) groups is 2. The Morgan fingerprint density at radius 2 is 1.54 bits per heavy atom. The second-order valence-electron chi connectivity index (χ2n) is 6.60. The van der Waals surface area contributed by atoms with Crippen molar-refractivity contribution in [1.29, 1.82) is 0 Å². The number of hydrogen-bond acceptors (Lipinski definition) is 2. The van der Waals surface area contributed by atoms with Crippen molar-refractivity contribution in [2.45, 2.75) is 18.9 Å². The molecule has 0 aliphatic heterocycles. The highest BCUT2D eigenvalue weighted by Crippen LogP contribution is 2.19. The fraction of sp³-hybridized carbons (Fsp3) is 0.130. The smallest absolute Gasteiger partial charge is 0.240 e. The van der Waals surface area contributed by atoms with Crippen LogP contribution in [-0.4, -0.2) is 17.9 Å². The molecule has 0 aliphatic rings. The maximum atomic E-state index is 13.2. The summed E-state index contributed by atoms with van der Waals surface area (Å²) in [6, 6.07) is 22.7. The van der Waals surface area contributed by atoms with Crippen LogP contribution < -0.4 is 11.1 Å². The van der Waals surface area contributed by atoms with Gasteiger partial charge in [0, 0.05) is 6.42 Å². The van der Waals surface area contributed by atoms with Crippen molar-refractivity contribution in [3.63, 3.8) is 0 Å². The fourth-order valence-corrected chi connectivity index (χ4v) is 3.00. The Morgan fingerprint density at radius 3 is 2.18 bits per heavy atom. The van der Waals surface area contributed by atoms with E-state index in [1.165, 1.54) is 18.2 Å². The molecule has 0 saturated heterocycles. The van der Waals surface area contributed by atoms with E-state index in [4.69, 9.17) is 5.73 Å². The van der Waals surface area contributed by atoms with Gasteiger partial charge in [0.2, 0.25) is 11.8 Å². The van der Waals surface area contributed by atoms with Crippen LogP contribution in [0.15, 0.2) is 78.9 Å². The Bertz CT molecular complexity index is 956. The monoisotopic (exact) mass is 376 g/mol. The first-order chi connectivity index (χ1) is 13.5. The molecule has 4 nitrogen and oxygen atoms in total. The summed E-state index contributed by atoms with van der Waals surface area (Å²) in [6.07, 6.45) is 0.272. The molecule has 0 fully saturated rings. The summed E-state index contributed by atoms with van der Waals surface area (Å²) in [6.45, 7) is 0. The van der Waals surface area contributed by atoms with Crippen LogP contribution in [0.3, 0.4) is 0 Å². The SMILES string of the molecule is NC(=O)[C@@H](Cc1ccc(-c2ccccc2)cc1)NC(=O)Cc1cccc(F)c1. The number of nitrogens with one attached hydrogen (secondary N) is 1. The third-order valence-corrected chi connectivity index (χ3v) is 4.43. The number of nitrogens with two attached hydrogens (primary N) is 1. The fourth-order valence-electron chi connectivity index (χ4n) is 3.00. The molecule has 3 aromatic rings. The van der Waals surface area contributed by atoms with Gasteiger partial charge in [-0.25, -0.2) is 4.39 Å². The predicted molar refractivity (Wildman–Crippen MR) is 107 cm³/mol. The number of rotatable bonds is 7. The average molecular weight is 376 g/mol. The van der Waals surface area contributed by atoms with Crippen molar-refractivity contribution in [2.24, 2.45) is 5.73 Å². The average Bonchev–Trinajstić information content (AvgIpc) is 2.68. The zero-order chi connectivity index (χ0) is 19.9. The molecule has 3 N–H and O–H groups in total. The highest BCUT2D eigenvalue weighted by Gasteiger charge is 2.19. The molecule has 1 atom stereocenters. The molecule has 0 saturated carbocycles. The minimum atomic E-state index is -0.830. The van der Waals surface area contributed by atoms with E-state index in [9.17, 15) is 14.0 Å². The molecule has 0 spiro atoms. The Labute approximate surface area is 163 Å². The third-order valence-electron chi connectivity index (χ3n) is 4.43. The van der Waals surface area contributed by atoms with E-state index in [1.807, 2.05) is 54.6 Å². The largest absolute Gasteiger partial charge is 0.368 e. The summed E-state index contributed by atoms with van der Waals surface area (Å²) >= 11 is 0. The summed E-state index contributed by atoms with van der Waals surface area (Å²) in [4.78, 5) is 24.0. The first kappa shape index (κ1) is 19.3. The van der Waals surface area contributed by atoms with Crippen LogP contribution >= 0.6 is 0 Å². The molecule has 3 rings (SSSR count). The van der Waals surface area contributed by atoms with Gasteiger partial charge in [-0.1, -0.05) is 66.7 Å². The van der Waals surface area contributed by atoms with Gasteiger partial charge in [-0.2, -0.15) is 0 Å². The second kappa shape index (κ2) is 8.95. The molecular weight excluding hydrogens is 355 g/mol. The molecule has 0 aliphatic carbocycles. The number of carbonyl (C=O) groups excluding carboxylic acids is 2. The Balaban J connectivity index is 1.64. The quantitative estimate of drug-likeness (QED) is 0.664. The van der Waals surface area contributed by atoms with Gasteiger partial charge in [-0.15, -0.1) is 0 Å². The standard InChI is InChI=1S/C23H21FN2O2/c24-20-8-4-5-17(13-20)15-22(27)26-21(23(25)28)14-16-9-11-19(12-10-16)18-6-2-1-3-7-18/h1-13,21H,14-15H2,(H2,25,28)(H,26,27)/t21-/m1/s1. The van der Waals surface area contributed by atoms with Gasteiger partial charge in [-0.3, -0.25) is 9.59 Å². The van der Waals surface area contributed by atoms with Gasteiger partial charge in [0.25, 0.3) is 0 Å². The van der Waals surface area contributed by atoms with Gasteiger partial charge >= 0.3 is 0 Å². The molecule has 0 radical (unpaired) electrons. The van der Waals surface area contributed by atoms with Crippen LogP contribution in [0.25, 0.3) is 11.1 Å². The molecule has 0 heterocycles. The van der Waals surface area contributed by atoms with Crippen molar-refractivity contribution in [3.05, 3.63) is 95.8 Å². The zero-order valence-corrected chi connectivity index (χ0v) is 15.3. The molecule has 28 heavy (non-hydrogen) atoms. The highest BCUT2D eigenvalue weighted by atomic mass is 19.1. The van der Waals surface area contributed by atoms with Gasteiger partial charge in [0.15, 0.2) is 0 Å². The topological polar surface area (TPSA) is 72.2 Å². The second-order valence-corrected chi connectivity index (χ2v) is 6.60. The van der Waals surface area contributed by atoms with Crippen LogP contribution in [0.4, 0.5) is 4.39 Å². The van der Waals surface area contributed by atoms with Gasteiger partial charge in [0.1, 0.15) is 11.9 Å². The Hall–Kier alpha value is -3.47. The van der Waals surface area contributed by atoms with Crippen LogP contribution in [-0.2, 0) is 22.4 Å². The van der Waals surface area contributed by atoms with Crippen molar-refractivity contribution < 1.29 is 14.0 Å². The minimum absolute atomic E-state index is 0.0194. The lowest BCUT2D eigenvalue weighted by atomic mass is 10.00. The summed E-state index contributed by atoms with van der Waals surface area (Å²) in [5, 5.41) is 2.64. The van der Waals surface area contributed by atoms with Crippen molar-refractivity contribution in [1.82, 2.24) is 5.32 Å². The van der Waals surface area contributed by atoms with Gasteiger partial charge in [0.05, 0.1) is 6.42 Å². The summed E-state index contributed by atoms with van der Waals surface area (Å²) in [5.74, 6) is -1.40. The first-order valence-corrected chi connectivity index (χ1v) is 8.99. The van der Waals surface area contributed by atoms with Gasteiger partial charge < -0.3 is 11.1 Å². The van der Waals surface area contributed by atoms with E-state index in [0.29, 0.717) is 12.0 Å². The zero-order valence-electron chi connectivity index (χ0n) is 15.3. The van der Waals surface area contributed by atoms with Crippen LogP contribution in [0.2, 0.25) is 0 Å². The number of hydrogen-bond donors (Lipinski definition) is 2. The molecule has 2 amide bonds. The number of primary amides is 1. The van der Waals surface area contributed by atoms with E-state index in [0.717, 1.165) is 16.7 Å². The maximum Gasteiger partial charge on any atom is 0.240 e. The summed E-state index contributed by atoms with van der Waals surface area (Å²) < 4.78 is 13.2. The van der Waals surface area contributed by atoms with Crippen LogP contribution in [0.1, 0.15) is 11.1 Å². The van der Waals surface area contributed by atoms with Crippen LogP contribution in [0.5, 0.6) is 0 Å². The third kappa shape index (κ3) is 5.27. The maximum absolute atomic E-state index is 13.2. The lowest BCUT2D eigenvalue weighted by Gasteiger charge is -2.16.